The number of nitrogens with two attached hydrogens (primary N) is 1. The first kappa shape index (κ1) is 6.91. The van der Waals surface area contributed by atoms with Gasteiger partial charge in [-0.1, -0.05) is 12.1 Å². The zero-order valence-corrected chi connectivity index (χ0v) is 6.41. The summed E-state index contributed by atoms with van der Waals surface area (Å²) in [5.74, 6) is 0. The molecule has 0 fully saturated rings. The van der Waals surface area contributed by atoms with E-state index in [9.17, 15) is 0 Å². The minimum atomic E-state index is 0.752. The highest BCUT2D eigenvalue weighted by Gasteiger charge is 1.97. The predicted molar refractivity (Wildman–Crippen MR) is 47.3 cm³/mol. The second kappa shape index (κ2) is 2.70. The lowest BCUT2D eigenvalue weighted by atomic mass is 10.1. The number of aromatic amines is 1. The topological polar surface area (TPSA) is 54.7 Å². The van der Waals surface area contributed by atoms with Crippen molar-refractivity contribution >= 4 is 5.69 Å². The fourth-order valence-electron chi connectivity index (χ4n) is 1.07. The van der Waals surface area contributed by atoms with Crippen molar-refractivity contribution in [2.45, 2.75) is 0 Å². The summed E-state index contributed by atoms with van der Waals surface area (Å²) in [7, 11) is 0. The van der Waals surface area contributed by atoms with Gasteiger partial charge in [0, 0.05) is 11.3 Å². The molecule has 0 unspecified atom stereocenters. The predicted octanol–water partition coefficient (Wildman–Crippen LogP) is 1.46. The van der Waals surface area contributed by atoms with Crippen LogP contribution in [0.15, 0.2) is 30.5 Å². The monoisotopic (exact) mass is 158 g/mol. The van der Waals surface area contributed by atoms with Crippen molar-refractivity contribution in [3.8, 4) is 11.3 Å². The van der Waals surface area contributed by atoms with Crippen LogP contribution in [-0.4, -0.2) is 9.97 Å². The highest BCUT2D eigenvalue weighted by atomic mass is 14.9. The molecule has 1 heterocycles. The van der Waals surface area contributed by atoms with E-state index in [1.54, 1.807) is 6.20 Å². The summed E-state index contributed by atoms with van der Waals surface area (Å²) in [6.45, 7) is 0. The summed E-state index contributed by atoms with van der Waals surface area (Å²) < 4.78 is 0. The van der Waals surface area contributed by atoms with Crippen LogP contribution >= 0.6 is 0 Å². The molecule has 0 aliphatic carbocycles. The van der Waals surface area contributed by atoms with Crippen LogP contribution in [0.5, 0.6) is 0 Å². The van der Waals surface area contributed by atoms with Gasteiger partial charge in [0.2, 0.25) is 0 Å². The number of hydrogen-bond donors (Lipinski definition) is 2. The van der Waals surface area contributed by atoms with Crippen molar-refractivity contribution in [3.63, 3.8) is 0 Å². The zero-order valence-electron chi connectivity index (χ0n) is 6.41. The number of nitrogens with zero attached hydrogens (tertiary/aromatic N) is 1. The first-order chi connectivity index (χ1) is 5.86. The molecule has 2 aromatic rings. The van der Waals surface area contributed by atoms with Crippen molar-refractivity contribution in [1.29, 1.82) is 0 Å². The second-order valence-corrected chi connectivity index (χ2v) is 2.53. The molecule has 1 radical (unpaired) electrons. The third-order valence-electron chi connectivity index (χ3n) is 1.65. The molecule has 1 aromatic carbocycles. The second-order valence-electron chi connectivity index (χ2n) is 2.53. The van der Waals surface area contributed by atoms with E-state index in [1.807, 2.05) is 24.3 Å². The average Bonchev–Trinajstić information content (AvgIpc) is 2.56. The Kier molecular flexibility index (Phi) is 1.55. The lowest BCUT2D eigenvalue weighted by molar-refractivity contribution is 1.29. The van der Waals surface area contributed by atoms with Gasteiger partial charge in [-0.05, 0) is 12.1 Å². The Morgan fingerprint density at radius 3 is 3.00 bits per heavy atom. The van der Waals surface area contributed by atoms with Crippen molar-refractivity contribution in [3.05, 3.63) is 36.8 Å². The van der Waals surface area contributed by atoms with E-state index in [0.717, 1.165) is 16.9 Å². The number of aromatic nitrogens is 2. The molecule has 2 rings (SSSR count). The van der Waals surface area contributed by atoms with Crippen LogP contribution in [-0.2, 0) is 0 Å². The van der Waals surface area contributed by atoms with E-state index in [2.05, 4.69) is 16.3 Å². The third-order valence-corrected chi connectivity index (χ3v) is 1.65. The normalized spacial score (nSPS) is 10.0. The first-order valence-corrected chi connectivity index (χ1v) is 3.63. The molecule has 0 amide bonds. The van der Waals surface area contributed by atoms with Crippen LogP contribution in [0.4, 0.5) is 5.69 Å². The summed E-state index contributed by atoms with van der Waals surface area (Å²) in [6, 6.07) is 7.62. The van der Waals surface area contributed by atoms with Gasteiger partial charge in [-0.15, -0.1) is 0 Å². The van der Waals surface area contributed by atoms with Gasteiger partial charge in [0.1, 0.15) is 0 Å². The summed E-state index contributed by atoms with van der Waals surface area (Å²) in [4.78, 5) is 6.70. The molecule has 3 N–H and O–H groups in total. The van der Waals surface area contributed by atoms with E-state index in [1.165, 1.54) is 0 Å². The smallest absolute Gasteiger partial charge is 0.174 e. The molecule has 0 aliphatic heterocycles. The third kappa shape index (κ3) is 1.16. The minimum Gasteiger partial charge on any atom is -0.399 e. The lowest BCUT2D eigenvalue weighted by Gasteiger charge is -1.97. The highest BCUT2D eigenvalue weighted by Crippen LogP contribution is 2.17. The Morgan fingerprint density at radius 1 is 1.42 bits per heavy atom. The Labute approximate surface area is 70.3 Å². The van der Waals surface area contributed by atoms with E-state index >= 15 is 0 Å². The van der Waals surface area contributed by atoms with Crippen molar-refractivity contribution in [2.24, 2.45) is 0 Å². The van der Waals surface area contributed by atoms with Gasteiger partial charge < -0.3 is 10.7 Å². The maximum absolute atomic E-state index is 5.62. The lowest BCUT2D eigenvalue weighted by Crippen LogP contribution is -1.84. The average molecular weight is 158 g/mol. The summed E-state index contributed by atoms with van der Waals surface area (Å²) in [5.41, 5.74) is 8.34. The number of H-pyrrole nitrogens is 1. The fraction of sp³-hybridized carbons (Fsp3) is 0. The number of nitrogen functional groups attached to an aromatic ring is 1. The van der Waals surface area contributed by atoms with Gasteiger partial charge >= 0.3 is 0 Å². The molecule has 12 heavy (non-hydrogen) atoms. The van der Waals surface area contributed by atoms with Crippen molar-refractivity contribution in [1.82, 2.24) is 9.97 Å². The number of rotatable bonds is 1. The van der Waals surface area contributed by atoms with Gasteiger partial charge in [-0.2, -0.15) is 0 Å². The number of hydrogen-bond acceptors (Lipinski definition) is 2. The fourth-order valence-corrected chi connectivity index (χ4v) is 1.07. The quantitative estimate of drug-likeness (QED) is 0.617. The van der Waals surface area contributed by atoms with Crippen molar-refractivity contribution in [2.75, 3.05) is 5.73 Å². The molecule has 0 spiro atoms. The molecular formula is C9H8N3. The SMILES string of the molecule is Nc1cccc(-c2cn[c][nH]2)c1. The number of benzene rings is 1. The van der Waals surface area contributed by atoms with Gasteiger partial charge in [0.25, 0.3) is 0 Å². The molecule has 0 saturated carbocycles. The minimum absolute atomic E-state index is 0.752. The Hall–Kier alpha value is -1.77. The maximum atomic E-state index is 5.62. The Balaban J connectivity index is 2.48. The first-order valence-electron chi connectivity index (χ1n) is 3.63. The number of anilines is 1. The van der Waals surface area contributed by atoms with Gasteiger partial charge in [0.15, 0.2) is 6.33 Å². The maximum Gasteiger partial charge on any atom is 0.174 e. The summed E-state index contributed by atoms with van der Waals surface area (Å²) >= 11 is 0. The van der Waals surface area contributed by atoms with Gasteiger partial charge in [-0.3, -0.25) is 0 Å². The molecule has 1 aromatic heterocycles. The molecule has 0 bridgehead atoms. The van der Waals surface area contributed by atoms with Crippen LogP contribution in [0, 0.1) is 6.33 Å². The van der Waals surface area contributed by atoms with Crippen LogP contribution < -0.4 is 5.73 Å². The summed E-state index contributed by atoms with van der Waals surface area (Å²) in [5, 5.41) is 0. The highest BCUT2D eigenvalue weighted by molar-refractivity contribution is 5.62. The van der Waals surface area contributed by atoms with Crippen LogP contribution in [0.3, 0.4) is 0 Å². The largest absolute Gasteiger partial charge is 0.399 e. The molecule has 3 heteroatoms. The molecule has 59 valence electrons. The molecule has 0 atom stereocenters. The molecule has 0 aliphatic rings. The summed E-state index contributed by atoms with van der Waals surface area (Å²) in [6.07, 6.45) is 4.35. The van der Waals surface area contributed by atoms with Crippen LogP contribution in [0.2, 0.25) is 0 Å². The number of nitrogens with one attached hydrogen (secondary N) is 1. The van der Waals surface area contributed by atoms with Gasteiger partial charge in [-0.25, -0.2) is 4.98 Å². The Bertz CT molecular complexity index is 365. The van der Waals surface area contributed by atoms with E-state index in [0.29, 0.717) is 0 Å². The van der Waals surface area contributed by atoms with E-state index < -0.39 is 0 Å². The van der Waals surface area contributed by atoms with Crippen LogP contribution in [0.25, 0.3) is 11.3 Å². The molecular weight excluding hydrogens is 150 g/mol. The van der Waals surface area contributed by atoms with E-state index in [4.69, 9.17) is 5.73 Å². The Morgan fingerprint density at radius 2 is 2.33 bits per heavy atom. The van der Waals surface area contributed by atoms with E-state index in [-0.39, 0.29) is 0 Å². The van der Waals surface area contributed by atoms with Crippen molar-refractivity contribution < 1.29 is 0 Å². The molecule has 3 nitrogen and oxygen atoms in total. The van der Waals surface area contributed by atoms with Gasteiger partial charge in [0.05, 0.1) is 11.9 Å². The molecule has 0 saturated heterocycles. The van der Waals surface area contributed by atoms with Crippen LogP contribution in [0.1, 0.15) is 0 Å². The zero-order chi connectivity index (χ0) is 8.39. The standard InChI is InChI=1S/C9H8N3/c10-8-3-1-2-7(4-8)9-5-11-6-12-9/h1-5H,10H2,(H,11,12). The number of imidazole rings is 1.